The van der Waals surface area contributed by atoms with Crippen molar-refractivity contribution in [3.8, 4) is 5.75 Å². The van der Waals surface area contributed by atoms with E-state index in [2.05, 4.69) is 0 Å². The van der Waals surface area contributed by atoms with Crippen LogP contribution in [0.1, 0.15) is 18.2 Å². The molecule has 0 N–H and O–H groups in total. The van der Waals surface area contributed by atoms with Crippen LogP contribution in [0.2, 0.25) is 0 Å². The number of nitrogens with zero attached hydrogens (tertiary/aromatic N) is 1. The second-order valence-electron chi connectivity index (χ2n) is 2.91. The van der Waals surface area contributed by atoms with E-state index in [1.165, 1.54) is 0 Å². The Kier molecular flexibility index (Phi) is 5.46. The van der Waals surface area contributed by atoms with Crippen molar-refractivity contribution in [1.29, 1.82) is 0 Å². The number of aryl methyl sites for hydroxylation is 1. The minimum Gasteiger partial charge on any atom is -0.498 e. The zero-order valence-corrected chi connectivity index (χ0v) is 11.8. The number of ether oxygens (including phenoxy) is 1. The van der Waals surface area contributed by atoms with Gasteiger partial charge in [-0.25, -0.2) is 0 Å². The van der Waals surface area contributed by atoms with E-state index in [1.54, 1.807) is 25.1 Å². The molecule has 0 aliphatic carbocycles. The van der Waals surface area contributed by atoms with Gasteiger partial charge < -0.3 is 14.1 Å². The molecule has 0 unspecified atom stereocenters. The van der Waals surface area contributed by atoms with E-state index in [0.29, 0.717) is 11.3 Å². The SMILES string of the molecule is C[CH-]n1c(C)cc(OC)c(C)c1=O.[Y]. The van der Waals surface area contributed by atoms with Gasteiger partial charge in [0.15, 0.2) is 0 Å². The second kappa shape index (κ2) is 5.57. The first kappa shape index (κ1) is 13.7. The Labute approximate surface area is 109 Å². The van der Waals surface area contributed by atoms with Crippen molar-refractivity contribution in [3.05, 3.63) is 34.2 Å². The van der Waals surface area contributed by atoms with Gasteiger partial charge in [0.2, 0.25) is 0 Å². The fourth-order valence-corrected chi connectivity index (χ4v) is 1.35. The van der Waals surface area contributed by atoms with Crippen molar-refractivity contribution in [3.63, 3.8) is 0 Å². The van der Waals surface area contributed by atoms with Gasteiger partial charge in [-0.1, -0.05) is 25.6 Å². The maximum Gasteiger partial charge on any atom is 0.147 e. The van der Waals surface area contributed by atoms with E-state index in [0.717, 1.165) is 5.69 Å². The standard InChI is InChI=1S/C10H14NO2.Y/c1-5-11-7(2)6-9(13-4)8(3)10(11)12;/h5-6H,1-4H3;/q-1;. The monoisotopic (exact) mass is 269 g/mol. The van der Waals surface area contributed by atoms with Crippen LogP contribution in [0.15, 0.2) is 10.9 Å². The summed E-state index contributed by atoms with van der Waals surface area (Å²) in [6, 6.07) is 1.86. The van der Waals surface area contributed by atoms with Crippen LogP contribution in [-0.2, 0) is 32.7 Å². The van der Waals surface area contributed by atoms with Crippen molar-refractivity contribution in [2.45, 2.75) is 20.8 Å². The first-order valence-corrected chi connectivity index (χ1v) is 4.18. The molecule has 0 saturated heterocycles. The van der Waals surface area contributed by atoms with Crippen LogP contribution < -0.4 is 10.3 Å². The summed E-state index contributed by atoms with van der Waals surface area (Å²) in [7, 11) is 1.57. The third-order valence-electron chi connectivity index (χ3n) is 2.11. The number of pyridine rings is 1. The van der Waals surface area contributed by atoms with E-state index in [-0.39, 0.29) is 38.3 Å². The zero-order chi connectivity index (χ0) is 10.0. The second-order valence-corrected chi connectivity index (χ2v) is 2.91. The zero-order valence-electron chi connectivity index (χ0n) is 9.00. The first-order chi connectivity index (χ1) is 6.11. The van der Waals surface area contributed by atoms with Crippen LogP contribution in [0.4, 0.5) is 0 Å². The van der Waals surface area contributed by atoms with Gasteiger partial charge in [0.25, 0.3) is 0 Å². The fraction of sp³-hybridized carbons (Fsp3) is 0.400. The van der Waals surface area contributed by atoms with E-state index in [1.807, 2.05) is 19.9 Å². The van der Waals surface area contributed by atoms with Gasteiger partial charge in [-0.15, -0.1) is 6.54 Å². The van der Waals surface area contributed by atoms with Crippen LogP contribution in [0, 0.1) is 20.4 Å². The van der Waals surface area contributed by atoms with Gasteiger partial charge in [0, 0.05) is 32.7 Å². The van der Waals surface area contributed by atoms with E-state index >= 15 is 0 Å². The molecule has 0 spiro atoms. The molecule has 0 saturated carbocycles. The molecule has 0 atom stereocenters. The molecule has 0 aliphatic heterocycles. The molecule has 1 aromatic heterocycles. The predicted octanol–water partition coefficient (Wildman–Crippen LogP) is 1.50. The summed E-state index contributed by atoms with van der Waals surface area (Å²) < 4.78 is 6.69. The third-order valence-corrected chi connectivity index (χ3v) is 2.11. The van der Waals surface area contributed by atoms with Gasteiger partial charge in [-0.05, 0) is 12.5 Å². The van der Waals surface area contributed by atoms with Crippen LogP contribution in [0.5, 0.6) is 5.75 Å². The molecule has 0 bridgehead atoms. The predicted molar refractivity (Wildman–Crippen MR) is 52.1 cm³/mol. The summed E-state index contributed by atoms with van der Waals surface area (Å²) in [4.78, 5) is 11.7. The molecule has 3 nitrogen and oxygen atoms in total. The van der Waals surface area contributed by atoms with Gasteiger partial charge in [0.05, 0.1) is 7.11 Å². The third kappa shape index (κ3) is 2.40. The van der Waals surface area contributed by atoms with Crippen molar-refractivity contribution in [1.82, 2.24) is 4.57 Å². The summed E-state index contributed by atoms with van der Waals surface area (Å²) in [6.07, 6.45) is 0. The Hall–Kier alpha value is -0.276. The van der Waals surface area contributed by atoms with Crippen molar-refractivity contribution >= 4 is 0 Å². The Morgan fingerprint density at radius 2 is 2.00 bits per heavy atom. The largest absolute Gasteiger partial charge is 0.498 e. The first-order valence-electron chi connectivity index (χ1n) is 4.18. The average Bonchev–Trinajstić information content (AvgIpc) is 2.12. The van der Waals surface area contributed by atoms with Crippen LogP contribution in [-0.4, -0.2) is 11.7 Å². The molecular weight excluding hydrogens is 255 g/mol. The number of rotatable bonds is 2. The molecule has 4 heteroatoms. The van der Waals surface area contributed by atoms with Crippen LogP contribution in [0.3, 0.4) is 0 Å². The normalized spacial score (nSPS) is 9.14. The fourth-order valence-electron chi connectivity index (χ4n) is 1.35. The Bertz CT molecular complexity index is 371. The van der Waals surface area contributed by atoms with E-state index in [4.69, 9.17) is 4.74 Å². The van der Waals surface area contributed by atoms with Crippen molar-refractivity contribution in [2.75, 3.05) is 7.11 Å². The summed E-state index contributed by atoms with van der Waals surface area (Å²) in [5, 5.41) is 0. The van der Waals surface area contributed by atoms with Crippen LogP contribution >= 0.6 is 0 Å². The number of aromatic nitrogens is 1. The van der Waals surface area contributed by atoms with Crippen LogP contribution in [0.25, 0.3) is 0 Å². The summed E-state index contributed by atoms with van der Waals surface area (Å²) >= 11 is 0. The molecule has 75 valence electrons. The van der Waals surface area contributed by atoms with Gasteiger partial charge in [-0.3, -0.25) is 0 Å². The maximum absolute atomic E-state index is 11.7. The molecule has 0 amide bonds. The Morgan fingerprint density at radius 1 is 1.43 bits per heavy atom. The quantitative estimate of drug-likeness (QED) is 0.762. The minimum absolute atomic E-state index is 0. The van der Waals surface area contributed by atoms with E-state index < -0.39 is 0 Å². The van der Waals surface area contributed by atoms with Gasteiger partial charge in [0.1, 0.15) is 11.3 Å². The molecule has 0 aromatic carbocycles. The molecule has 1 heterocycles. The summed E-state index contributed by atoms with van der Waals surface area (Å²) in [6.45, 7) is 7.23. The number of hydrogen-bond donors (Lipinski definition) is 0. The van der Waals surface area contributed by atoms with Gasteiger partial charge in [-0.2, -0.15) is 0 Å². The molecule has 1 radical (unpaired) electrons. The van der Waals surface area contributed by atoms with Gasteiger partial charge >= 0.3 is 0 Å². The summed E-state index contributed by atoms with van der Waals surface area (Å²) in [5.41, 5.74) is 1.51. The molecular formula is C10H14NO2Y-. The topological polar surface area (TPSA) is 31.2 Å². The van der Waals surface area contributed by atoms with E-state index in [9.17, 15) is 4.79 Å². The molecule has 1 rings (SSSR count). The average molecular weight is 269 g/mol. The smallest absolute Gasteiger partial charge is 0.147 e. The Balaban J connectivity index is 0.00000169. The van der Waals surface area contributed by atoms with Crippen molar-refractivity contribution in [2.24, 2.45) is 0 Å². The maximum atomic E-state index is 11.7. The molecule has 14 heavy (non-hydrogen) atoms. The number of methoxy groups -OCH3 is 1. The minimum atomic E-state index is -0.0145. The molecule has 1 aromatic rings. The molecule has 0 aliphatic rings. The van der Waals surface area contributed by atoms with Crippen molar-refractivity contribution < 1.29 is 37.4 Å². The number of hydrogen-bond acceptors (Lipinski definition) is 2. The summed E-state index contributed by atoms with van der Waals surface area (Å²) in [5.74, 6) is 0.653. The Morgan fingerprint density at radius 3 is 2.43 bits per heavy atom. The molecule has 0 fully saturated rings.